The molecule has 0 bridgehead atoms. The minimum atomic E-state index is -0.783. The molecule has 0 spiro atoms. The van der Waals surface area contributed by atoms with Crippen molar-refractivity contribution in [1.29, 1.82) is 0 Å². The lowest BCUT2D eigenvalue weighted by atomic mass is 10.0. The summed E-state index contributed by atoms with van der Waals surface area (Å²) in [5.74, 6) is -0.876. The zero-order valence-electron chi connectivity index (χ0n) is 50.3. The first-order valence-corrected chi connectivity index (χ1v) is 33.1. The van der Waals surface area contributed by atoms with E-state index in [0.29, 0.717) is 19.3 Å². The van der Waals surface area contributed by atoms with Crippen molar-refractivity contribution in [3.63, 3.8) is 0 Å². The summed E-state index contributed by atoms with van der Waals surface area (Å²) >= 11 is 0. The molecule has 0 N–H and O–H groups in total. The van der Waals surface area contributed by atoms with Crippen molar-refractivity contribution in [3.8, 4) is 0 Å². The molecule has 0 rings (SSSR count). The molecule has 6 nitrogen and oxygen atoms in total. The molecule has 1 unspecified atom stereocenters. The Bertz CT molecular complexity index is 1300. The summed E-state index contributed by atoms with van der Waals surface area (Å²) in [5.41, 5.74) is 0. The maximum Gasteiger partial charge on any atom is 0.306 e. The standard InChI is InChI=1S/C69H126O6/c1-4-7-10-13-16-19-22-25-28-31-33-34-35-37-38-41-44-47-50-53-56-59-62-68(71)74-65-66(64-73-67(70)61-58-55-52-49-46-43-40-30-27-24-21-18-15-12-9-6-3)75-69(72)63-60-57-54-51-48-45-42-39-36-32-29-26-23-20-17-14-11-8-5-2/h17,20,26,29-30,36,39-40,66H,4-16,18-19,21-25,27-28,31-35,37-38,41-65H2,1-3H3/b20-17-,29-26-,39-36-,40-30-. The summed E-state index contributed by atoms with van der Waals surface area (Å²) < 4.78 is 17.0. The number of hydrogen-bond donors (Lipinski definition) is 0. The molecule has 1 atom stereocenters. The van der Waals surface area contributed by atoms with Gasteiger partial charge in [0.15, 0.2) is 6.10 Å². The lowest BCUT2D eigenvalue weighted by molar-refractivity contribution is -0.167. The summed E-state index contributed by atoms with van der Waals surface area (Å²) in [4.78, 5) is 38.4. The molecule has 438 valence electrons. The van der Waals surface area contributed by atoms with E-state index in [1.54, 1.807) is 0 Å². The Hall–Kier alpha value is -2.63. The molecule has 0 aliphatic carbocycles. The second-order valence-corrected chi connectivity index (χ2v) is 22.4. The highest BCUT2D eigenvalue weighted by atomic mass is 16.6. The summed E-state index contributed by atoms with van der Waals surface area (Å²) in [6, 6.07) is 0. The second-order valence-electron chi connectivity index (χ2n) is 22.4. The van der Waals surface area contributed by atoms with Crippen LogP contribution in [0.15, 0.2) is 48.6 Å². The van der Waals surface area contributed by atoms with Gasteiger partial charge in [-0.2, -0.15) is 0 Å². The average molecular weight is 1050 g/mol. The number of hydrogen-bond acceptors (Lipinski definition) is 6. The van der Waals surface area contributed by atoms with E-state index in [4.69, 9.17) is 14.2 Å². The van der Waals surface area contributed by atoms with Crippen LogP contribution in [0.5, 0.6) is 0 Å². The number of esters is 3. The number of allylic oxidation sites excluding steroid dienone is 8. The average Bonchev–Trinajstić information content (AvgIpc) is 3.41. The van der Waals surface area contributed by atoms with Crippen molar-refractivity contribution in [2.45, 2.75) is 361 Å². The Morgan fingerprint density at radius 3 is 0.787 bits per heavy atom. The van der Waals surface area contributed by atoms with Crippen LogP contribution in [-0.4, -0.2) is 37.2 Å². The molecule has 0 aromatic carbocycles. The molecule has 0 aromatic rings. The Labute approximate surface area is 467 Å². The van der Waals surface area contributed by atoms with Gasteiger partial charge in [0.05, 0.1) is 0 Å². The van der Waals surface area contributed by atoms with Gasteiger partial charge in [-0.1, -0.05) is 301 Å². The van der Waals surface area contributed by atoms with Crippen LogP contribution in [0.1, 0.15) is 355 Å². The van der Waals surface area contributed by atoms with Crippen molar-refractivity contribution in [1.82, 2.24) is 0 Å². The lowest BCUT2D eigenvalue weighted by Crippen LogP contribution is -2.30. The third kappa shape index (κ3) is 62.1. The smallest absolute Gasteiger partial charge is 0.306 e. The quantitative estimate of drug-likeness (QED) is 0.0261. The SMILES string of the molecule is CCCCC/C=C\C/C=C\C/C=C\CCCCCCCCC(=O)OC(COC(=O)CCCCCCC/C=C\CCCCCCCCC)COC(=O)CCCCCCCCCCCCCCCCCCCCCCCC. The highest BCUT2D eigenvalue weighted by Gasteiger charge is 2.19. The number of carbonyl (C=O) groups excluding carboxylic acids is 3. The number of ether oxygens (including phenoxy) is 3. The highest BCUT2D eigenvalue weighted by Crippen LogP contribution is 2.17. The van der Waals surface area contributed by atoms with Gasteiger partial charge < -0.3 is 14.2 Å². The van der Waals surface area contributed by atoms with Gasteiger partial charge in [-0.3, -0.25) is 14.4 Å². The van der Waals surface area contributed by atoms with E-state index in [-0.39, 0.29) is 31.1 Å². The van der Waals surface area contributed by atoms with Crippen molar-refractivity contribution in [3.05, 3.63) is 48.6 Å². The fourth-order valence-corrected chi connectivity index (χ4v) is 9.80. The molecule has 0 amide bonds. The molecule has 0 aliphatic rings. The predicted molar refractivity (Wildman–Crippen MR) is 325 cm³/mol. The van der Waals surface area contributed by atoms with Gasteiger partial charge in [-0.15, -0.1) is 0 Å². The monoisotopic (exact) mass is 1050 g/mol. The number of rotatable bonds is 61. The highest BCUT2D eigenvalue weighted by molar-refractivity contribution is 5.71. The number of unbranched alkanes of at least 4 members (excludes halogenated alkanes) is 42. The van der Waals surface area contributed by atoms with E-state index in [9.17, 15) is 14.4 Å². The van der Waals surface area contributed by atoms with Crippen LogP contribution >= 0.6 is 0 Å². The van der Waals surface area contributed by atoms with E-state index >= 15 is 0 Å². The summed E-state index contributed by atoms with van der Waals surface area (Å²) in [7, 11) is 0. The van der Waals surface area contributed by atoms with Gasteiger partial charge in [0, 0.05) is 19.3 Å². The third-order valence-corrected chi connectivity index (χ3v) is 14.8. The molecule has 0 fully saturated rings. The van der Waals surface area contributed by atoms with E-state index in [0.717, 1.165) is 89.9 Å². The minimum Gasteiger partial charge on any atom is -0.462 e. The first-order chi connectivity index (χ1) is 37.0. The summed E-state index contributed by atoms with van der Waals surface area (Å²) in [6.07, 6.45) is 79.7. The van der Waals surface area contributed by atoms with Crippen LogP contribution in [0, 0.1) is 0 Å². The molecule has 0 aliphatic heterocycles. The molecule has 0 radical (unpaired) electrons. The van der Waals surface area contributed by atoms with Gasteiger partial charge in [0.1, 0.15) is 13.2 Å². The zero-order chi connectivity index (χ0) is 54.3. The van der Waals surface area contributed by atoms with E-state index in [1.165, 1.54) is 225 Å². The van der Waals surface area contributed by atoms with Crippen LogP contribution in [0.3, 0.4) is 0 Å². The van der Waals surface area contributed by atoms with Gasteiger partial charge in [-0.05, 0) is 83.5 Å². The normalized spacial score (nSPS) is 12.3. The van der Waals surface area contributed by atoms with Gasteiger partial charge in [-0.25, -0.2) is 0 Å². The van der Waals surface area contributed by atoms with Gasteiger partial charge >= 0.3 is 17.9 Å². The van der Waals surface area contributed by atoms with Crippen molar-refractivity contribution in [2.75, 3.05) is 13.2 Å². The third-order valence-electron chi connectivity index (χ3n) is 14.8. The lowest BCUT2D eigenvalue weighted by Gasteiger charge is -2.18. The number of carbonyl (C=O) groups is 3. The fraction of sp³-hybridized carbons (Fsp3) is 0.841. The molecule has 0 heterocycles. The minimum absolute atomic E-state index is 0.0775. The van der Waals surface area contributed by atoms with Crippen LogP contribution in [-0.2, 0) is 28.6 Å². The Morgan fingerprint density at radius 1 is 0.267 bits per heavy atom. The van der Waals surface area contributed by atoms with Crippen LogP contribution in [0.2, 0.25) is 0 Å². The summed E-state index contributed by atoms with van der Waals surface area (Å²) in [5, 5.41) is 0. The Morgan fingerprint density at radius 2 is 0.480 bits per heavy atom. The molecule has 0 aromatic heterocycles. The molecule has 75 heavy (non-hydrogen) atoms. The first kappa shape index (κ1) is 72.4. The Balaban J connectivity index is 4.34. The van der Waals surface area contributed by atoms with Crippen LogP contribution in [0.4, 0.5) is 0 Å². The van der Waals surface area contributed by atoms with Gasteiger partial charge in [0.2, 0.25) is 0 Å². The second kappa shape index (κ2) is 63.9. The van der Waals surface area contributed by atoms with Crippen molar-refractivity contribution < 1.29 is 28.6 Å². The van der Waals surface area contributed by atoms with E-state index < -0.39 is 6.10 Å². The largest absolute Gasteiger partial charge is 0.462 e. The predicted octanol–water partition coefficient (Wildman–Crippen LogP) is 22.6. The fourth-order valence-electron chi connectivity index (χ4n) is 9.80. The van der Waals surface area contributed by atoms with Gasteiger partial charge in [0.25, 0.3) is 0 Å². The van der Waals surface area contributed by atoms with Crippen LogP contribution in [0.25, 0.3) is 0 Å². The topological polar surface area (TPSA) is 78.9 Å². The van der Waals surface area contributed by atoms with Crippen molar-refractivity contribution in [2.24, 2.45) is 0 Å². The van der Waals surface area contributed by atoms with Crippen molar-refractivity contribution >= 4 is 17.9 Å². The molecular weight excluding hydrogens is 925 g/mol. The summed E-state index contributed by atoms with van der Waals surface area (Å²) in [6.45, 7) is 6.65. The molecule has 6 heteroatoms. The Kier molecular flexibility index (Phi) is 61.7. The maximum atomic E-state index is 12.9. The zero-order valence-corrected chi connectivity index (χ0v) is 50.3. The molecular formula is C69H126O6. The molecule has 0 saturated heterocycles. The molecule has 0 saturated carbocycles. The van der Waals surface area contributed by atoms with Crippen LogP contribution < -0.4 is 0 Å². The van der Waals surface area contributed by atoms with E-state index in [2.05, 4.69) is 69.4 Å². The first-order valence-electron chi connectivity index (χ1n) is 33.1. The van der Waals surface area contributed by atoms with E-state index in [1.807, 2.05) is 0 Å². The maximum absolute atomic E-state index is 12.9.